The second kappa shape index (κ2) is 13.0. The van der Waals surface area contributed by atoms with Gasteiger partial charge in [-0.2, -0.15) is 13.2 Å². The number of hydrogen-bond acceptors (Lipinski definition) is 6. The molecule has 4 rings (SSSR count). The fourth-order valence-electron chi connectivity index (χ4n) is 4.52. The largest absolute Gasteiger partial charge is 0.490 e. The number of alkyl halides is 3. The Morgan fingerprint density at radius 1 is 1.00 bits per heavy atom. The lowest BCUT2D eigenvalue weighted by molar-refractivity contribution is -0.192. The van der Waals surface area contributed by atoms with Crippen LogP contribution in [-0.4, -0.2) is 54.8 Å². The molecule has 13 heteroatoms. The van der Waals surface area contributed by atoms with E-state index in [1.54, 1.807) is 12.1 Å². The average Bonchev–Trinajstić information content (AvgIpc) is 2.89. The Morgan fingerprint density at radius 2 is 1.56 bits per heavy atom. The van der Waals surface area contributed by atoms with E-state index in [1.165, 1.54) is 17.8 Å². The summed E-state index contributed by atoms with van der Waals surface area (Å²) in [4.78, 5) is 27.4. The summed E-state index contributed by atoms with van der Waals surface area (Å²) in [7, 11) is -3.87. The number of piperidine rings is 1. The molecular weight excluding hydrogens is 563 g/mol. The number of aliphatic carboxylic acids is 1. The molecule has 0 unspecified atom stereocenters. The van der Waals surface area contributed by atoms with E-state index in [-0.39, 0.29) is 16.1 Å². The van der Waals surface area contributed by atoms with Gasteiger partial charge in [-0.15, -0.1) is 0 Å². The Hall–Kier alpha value is -4.13. The lowest BCUT2D eigenvalue weighted by Crippen LogP contribution is -2.36. The molecule has 0 radical (unpaired) electrons. The fraction of sp³-hybridized carbons (Fsp3) is 0.321. The second-order valence-electron chi connectivity index (χ2n) is 9.75. The fourth-order valence-corrected chi connectivity index (χ4v) is 5.74. The molecule has 2 aromatic carbocycles. The summed E-state index contributed by atoms with van der Waals surface area (Å²) in [5.41, 5.74) is 3.08. The van der Waals surface area contributed by atoms with Gasteiger partial charge < -0.3 is 15.1 Å². The SMILES string of the molecule is Cc1cc(C)cc(S(=O)(=O)Nc2cnc(N3CCC(Cc4ccccc4)CC3)c(C(=O)O)c2)c1.O=C(O)C(F)(F)F. The van der Waals surface area contributed by atoms with E-state index in [0.717, 1.165) is 30.4 Å². The van der Waals surface area contributed by atoms with Crippen molar-refractivity contribution in [2.24, 2.45) is 5.92 Å². The summed E-state index contributed by atoms with van der Waals surface area (Å²) in [5, 5.41) is 16.9. The highest BCUT2D eigenvalue weighted by Gasteiger charge is 2.38. The summed E-state index contributed by atoms with van der Waals surface area (Å²) in [6.45, 7) is 5.07. The Balaban J connectivity index is 0.000000587. The van der Waals surface area contributed by atoms with Crippen LogP contribution in [0, 0.1) is 19.8 Å². The zero-order valence-corrected chi connectivity index (χ0v) is 23.2. The number of pyridine rings is 1. The minimum atomic E-state index is -5.08. The number of carboxylic acid groups (broad SMARTS) is 2. The van der Waals surface area contributed by atoms with Gasteiger partial charge in [0.25, 0.3) is 10.0 Å². The van der Waals surface area contributed by atoms with Gasteiger partial charge in [0.05, 0.1) is 16.8 Å². The van der Waals surface area contributed by atoms with Crippen LogP contribution < -0.4 is 9.62 Å². The third kappa shape index (κ3) is 8.93. The van der Waals surface area contributed by atoms with Crippen molar-refractivity contribution in [3.8, 4) is 0 Å². The molecule has 0 saturated carbocycles. The summed E-state index contributed by atoms with van der Waals surface area (Å²) in [6, 6.07) is 16.8. The number of anilines is 2. The third-order valence-corrected chi connectivity index (χ3v) is 7.74. The van der Waals surface area contributed by atoms with Crippen LogP contribution >= 0.6 is 0 Å². The molecule has 3 aromatic rings. The van der Waals surface area contributed by atoms with Crippen molar-refractivity contribution < 1.29 is 41.4 Å². The third-order valence-electron chi connectivity index (χ3n) is 6.38. The van der Waals surface area contributed by atoms with Crippen molar-refractivity contribution >= 4 is 33.5 Å². The monoisotopic (exact) mass is 593 g/mol. The molecule has 0 atom stereocenters. The molecule has 0 spiro atoms. The number of sulfonamides is 1. The molecular formula is C28H30F3N3O6S. The number of aromatic carboxylic acids is 1. The molecule has 0 amide bonds. The molecule has 2 heterocycles. The second-order valence-corrected chi connectivity index (χ2v) is 11.4. The number of nitrogens with zero attached hydrogens (tertiary/aromatic N) is 2. The molecule has 3 N–H and O–H groups in total. The Labute approximate surface area is 235 Å². The normalized spacial score (nSPS) is 14.1. The van der Waals surface area contributed by atoms with Gasteiger partial charge in [0, 0.05) is 13.1 Å². The van der Waals surface area contributed by atoms with Crippen LogP contribution in [0.5, 0.6) is 0 Å². The van der Waals surface area contributed by atoms with Gasteiger partial charge in [-0.3, -0.25) is 4.72 Å². The number of aryl methyl sites for hydroxylation is 2. The van der Waals surface area contributed by atoms with E-state index in [2.05, 4.69) is 21.8 Å². The molecule has 1 aromatic heterocycles. The zero-order valence-electron chi connectivity index (χ0n) is 22.4. The molecule has 1 fully saturated rings. The molecule has 1 saturated heterocycles. The zero-order chi connectivity index (χ0) is 30.4. The molecule has 1 aliphatic heterocycles. The quantitative estimate of drug-likeness (QED) is 0.336. The number of benzene rings is 2. The van der Waals surface area contributed by atoms with Gasteiger partial charge in [-0.05, 0) is 73.9 Å². The Morgan fingerprint density at radius 3 is 2.07 bits per heavy atom. The van der Waals surface area contributed by atoms with E-state index in [9.17, 15) is 31.5 Å². The molecule has 9 nitrogen and oxygen atoms in total. The molecule has 1 aliphatic rings. The minimum Gasteiger partial charge on any atom is -0.478 e. The molecule has 220 valence electrons. The highest BCUT2D eigenvalue weighted by Crippen LogP contribution is 2.29. The van der Waals surface area contributed by atoms with Crippen LogP contribution in [-0.2, 0) is 21.2 Å². The standard InChI is InChI=1S/C26H29N3O4S.C2HF3O2/c1-18-12-19(2)14-23(13-18)34(32,33)28-22-16-24(26(30)31)25(27-17-22)29-10-8-21(9-11-29)15-20-6-4-3-5-7-20;3-2(4,5)1(6)7/h3-7,12-14,16-17,21,28H,8-11,15H2,1-2H3,(H,30,31);(H,6,7). The van der Waals surface area contributed by atoms with E-state index in [0.29, 0.717) is 24.8 Å². The van der Waals surface area contributed by atoms with Crippen LogP contribution in [0.25, 0.3) is 0 Å². The van der Waals surface area contributed by atoms with Crippen LogP contribution in [0.1, 0.15) is 39.9 Å². The molecule has 41 heavy (non-hydrogen) atoms. The van der Waals surface area contributed by atoms with Gasteiger partial charge in [0.2, 0.25) is 0 Å². The number of aromatic nitrogens is 1. The van der Waals surface area contributed by atoms with Gasteiger partial charge >= 0.3 is 18.1 Å². The van der Waals surface area contributed by atoms with Crippen LogP contribution in [0.4, 0.5) is 24.7 Å². The van der Waals surface area contributed by atoms with E-state index in [4.69, 9.17) is 9.90 Å². The first-order valence-corrected chi connectivity index (χ1v) is 14.1. The van der Waals surface area contributed by atoms with Gasteiger partial charge in [-0.1, -0.05) is 36.4 Å². The smallest absolute Gasteiger partial charge is 0.478 e. The number of rotatable bonds is 7. The van der Waals surface area contributed by atoms with Gasteiger partial charge in [0.15, 0.2) is 0 Å². The number of carbonyl (C=O) groups is 2. The number of nitrogens with one attached hydrogen (secondary N) is 1. The van der Waals surface area contributed by atoms with E-state index >= 15 is 0 Å². The van der Waals surface area contributed by atoms with Crippen LogP contribution in [0.3, 0.4) is 0 Å². The first kappa shape index (κ1) is 31.4. The summed E-state index contributed by atoms with van der Waals surface area (Å²) in [5.74, 6) is -2.98. The lowest BCUT2D eigenvalue weighted by Gasteiger charge is -2.33. The predicted octanol–water partition coefficient (Wildman–Crippen LogP) is 5.29. The Bertz CT molecular complexity index is 1470. The minimum absolute atomic E-state index is 0.0119. The van der Waals surface area contributed by atoms with Crippen molar-refractivity contribution in [3.05, 3.63) is 83.0 Å². The van der Waals surface area contributed by atoms with Crippen molar-refractivity contribution in [2.75, 3.05) is 22.7 Å². The van der Waals surface area contributed by atoms with E-state index in [1.807, 2.05) is 43.0 Å². The highest BCUT2D eigenvalue weighted by atomic mass is 32.2. The first-order chi connectivity index (χ1) is 19.2. The van der Waals surface area contributed by atoms with Gasteiger partial charge in [0.1, 0.15) is 11.4 Å². The maximum Gasteiger partial charge on any atom is 0.490 e. The van der Waals surface area contributed by atoms with Crippen LogP contribution in [0.2, 0.25) is 0 Å². The molecule has 0 bridgehead atoms. The Kier molecular flexibility index (Phi) is 9.97. The number of carboxylic acids is 2. The topological polar surface area (TPSA) is 137 Å². The maximum atomic E-state index is 12.9. The summed E-state index contributed by atoms with van der Waals surface area (Å²) < 4.78 is 59.9. The predicted molar refractivity (Wildman–Crippen MR) is 147 cm³/mol. The van der Waals surface area contributed by atoms with Crippen molar-refractivity contribution in [2.45, 2.75) is 44.2 Å². The maximum absolute atomic E-state index is 12.9. The number of halogens is 3. The van der Waals surface area contributed by atoms with Crippen molar-refractivity contribution in [1.29, 1.82) is 0 Å². The first-order valence-electron chi connectivity index (χ1n) is 12.6. The van der Waals surface area contributed by atoms with Crippen molar-refractivity contribution in [3.63, 3.8) is 0 Å². The highest BCUT2D eigenvalue weighted by molar-refractivity contribution is 7.92. The lowest BCUT2D eigenvalue weighted by atomic mass is 9.90. The van der Waals surface area contributed by atoms with E-state index < -0.39 is 28.1 Å². The van der Waals surface area contributed by atoms with Gasteiger partial charge in [-0.25, -0.2) is 23.0 Å². The van der Waals surface area contributed by atoms with Crippen LogP contribution in [0.15, 0.2) is 65.7 Å². The average molecular weight is 594 g/mol. The van der Waals surface area contributed by atoms with Crippen molar-refractivity contribution in [1.82, 2.24) is 4.98 Å². The summed E-state index contributed by atoms with van der Waals surface area (Å²) in [6.07, 6.45) is -0.807. The number of hydrogen-bond donors (Lipinski definition) is 3. The molecule has 0 aliphatic carbocycles. The summed E-state index contributed by atoms with van der Waals surface area (Å²) >= 11 is 0.